The third-order valence-electron chi connectivity index (χ3n) is 4.88. The highest BCUT2D eigenvalue weighted by Crippen LogP contribution is 2.43. The topological polar surface area (TPSA) is 54.0 Å². The Bertz CT molecular complexity index is 521. The van der Waals surface area contributed by atoms with Crippen LogP contribution in [-0.4, -0.2) is 56.5 Å². The molecule has 2 aliphatic heterocycles. The molecule has 2 saturated heterocycles. The molecule has 2 heterocycles. The predicted octanol–water partition coefficient (Wildman–Crippen LogP) is 3.38. The van der Waals surface area contributed by atoms with E-state index >= 15 is 0 Å². The van der Waals surface area contributed by atoms with Crippen molar-refractivity contribution in [1.29, 1.82) is 0 Å². The number of nitrogens with one attached hydrogen (secondary N) is 1. The van der Waals surface area contributed by atoms with Gasteiger partial charge in [0.25, 0.3) is 0 Å². The molecule has 0 unspecified atom stereocenters. The van der Waals surface area contributed by atoms with Crippen molar-refractivity contribution in [3.05, 3.63) is 22.2 Å². The monoisotopic (exact) mass is 456 g/mol. The van der Waals surface area contributed by atoms with Crippen LogP contribution in [0.15, 0.2) is 16.6 Å². The van der Waals surface area contributed by atoms with Gasteiger partial charge < -0.3 is 19.9 Å². The van der Waals surface area contributed by atoms with Gasteiger partial charge in [-0.25, -0.2) is 0 Å². The van der Waals surface area contributed by atoms with Gasteiger partial charge in [0, 0.05) is 51.0 Å². The molecule has 0 spiro atoms. The molecular weight excluding hydrogens is 431 g/mol. The molecule has 0 radical (unpaired) electrons. The average molecular weight is 458 g/mol. The molecule has 0 amide bonds. The van der Waals surface area contributed by atoms with Crippen LogP contribution in [0.3, 0.4) is 0 Å². The number of piperazine rings is 1. The lowest BCUT2D eigenvalue weighted by molar-refractivity contribution is 0.0205. The summed E-state index contributed by atoms with van der Waals surface area (Å²) in [4.78, 5) is 2.49. The lowest BCUT2D eigenvalue weighted by atomic mass is 9.85. The molecule has 0 aliphatic carbocycles. The van der Waals surface area contributed by atoms with E-state index in [9.17, 15) is 5.11 Å². The molecular formula is C17H27BrCl2N2O3. The number of aromatic hydroxyl groups is 1. The van der Waals surface area contributed by atoms with Crippen molar-refractivity contribution >= 4 is 40.7 Å². The predicted molar refractivity (Wildman–Crippen MR) is 108 cm³/mol. The van der Waals surface area contributed by atoms with Crippen LogP contribution in [-0.2, 0) is 4.74 Å². The van der Waals surface area contributed by atoms with Crippen molar-refractivity contribution in [3.63, 3.8) is 0 Å². The van der Waals surface area contributed by atoms with Crippen molar-refractivity contribution < 1.29 is 14.6 Å². The number of hydrogen-bond donors (Lipinski definition) is 2. The summed E-state index contributed by atoms with van der Waals surface area (Å²) in [5.41, 5.74) is 0.963. The summed E-state index contributed by atoms with van der Waals surface area (Å²) < 4.78 is 11.7. The van der Waals surface area contributed by atoms with Crippen LogP contribution in [0.25, 0.3) is 0 Å². The van der Waals surface area contributed by atoms with Gasteiger partial charge in [0.2, 0.25) is 0 Å². The molecule has 2 N–H and O–H groups in total. The fourth-order valence-corrected chi connectivity index (χ4v) is 4.13. The maximum atomic E-state index is 10.7. The summed E-state index contributed by atoms with van der Waals surface area (Å²) in [7, 11) is 1.66. The number of halogens is 3. The van der Waals surface area contributed by atoms with Crippen LogP contribution < -0.4 is 10.1 Å². The molecule has 5 nitrogen and oxygen atoms in total. The maximum Gasteiger partial charge on any atom is 0.134 e. The first-order valence-electron chi connectivity index (χ1n) is 8.29. The van der Waals surface area contributed by atoms with Gasteiger partial charge in [0.1, 0.15) is 11.5 Å². The van der Waals surface area contributed by atoms with Gasteiger partial charge in [-0.1, -0.05) is 0 Å². The second-order valence-electron chi connectivity index (χ2n) is 6.23. The molecule has 0 saturated carbocycles. The zero-order valence-corrected chi connectivity index (χ0v) is 17.6. The number of phenols is 1. The summed E-state index contributed by atoms with van der Waals surface area (Å²) in [6, 6.07) is 4.01. The summed E-state index contributed by atoms with van der Waals surface area (Å²) >= 11 is 3.47. The van der Waals surface area contributed by atoms with Crippen molar-refractivity contribution in [1.82, 2.24) is 10.2 Å². The molecule has 0 aromatic heterocycles. The Kier molecular flexibility index (Phi) is 9.85. The van der Waals surface area contributed by atoms with Gasteiger partial charge in [-0.3, -0.25) is 4.90 Å². The molecule has 1 atom stereocenters. The van der Waals surface area contributed by atoms with E-state index in [-0.39, 0.29) is 30.9 Å². The van der Waals surface area contributed by atoms with Crippen LogP contribution >= 0.6 is 40.7 Å². The Morgan fingerprint density at radius 3 is 2.48 bits per heavy atom. The number of hydrogen-bond acceptors (Lipinski definition) is 5. The first kappa shape index (κ1) is 22.8. The zero-order chi connectivity index (χ0) is 16.2. The fourth-order valence-electron chi connectivity index (χ4n) is 3.68. The minimum absolute atomic E-state index is 0. The van der Waals surface area contributed by atoms with Crippen molar-refractivity contribution in [2.45, 2.75) is 18.9 Å². The molecule has 3 rings (SSSR count). The van der Waals surface area contributed by atoms with Crippen LogP contribution in [0.1, 0.15) is 24.4 Å². The molecule has 0 bridgehead atoms. The smallest absolute Gasteiger partial charge is 0.134 e. The number of ether oxygens (including phenoxy) is 2. The SMILES string of the molecule is COc1cc(Br)c(O)c([C@@H](C2CCOCC2)N2CCNCC2)c1.Cl.Cl. The maximum absolute atomic E-state index is 10.7. The van der Waals surface area contributed by atoms with E-state index in [1.165, 1.54) is 0 Å². The second kappa shape index (κ2) is 10.8. The Labute approximate surface area is 170 Å². The van der Waals surface area contributed by atoms with E-state index in [1.54, 1.807) is 7.11 Å². The molecule has 25 heavy (non-hydrogen) atoms. The van der Waals surface area contributed by atoms with Crippen molar-refractivity contribution in [2.24, 2.45) is 5.92 Å². The van der Waals surface area contributed by atoms with Gasteiger partial charge in [0.05, 0.1) is 11.6 Å². The number of nitrogens with zero attached hydrogens (tertiary/aromatic N) is 1. The van der Waals surface area contributed by atoms with Gasteiger partial charge in [0.15, 0.2) is 0 Å². The Balaban J connectivity index is 0.00000156. The van der Waals surface area contributed by atoms with E-state index in [1.807, 2.05) is 12.1 Å². The van der Waals surface area contributed by atoms with Gasteiger partial charge >= 0.3 is 0 Å². The standard InChI is InChI=1S/C17H25BrN2O3.2ClH/c1-22-13-10-14(17(21)15(18)11-13)16(12-2-8-23-9-3-12)20-6-4-19-5-7-20;;/h10-12,16,19,21H,2-9H2,1H3;2*1H/t16-;;/m1../s1. The van der Waals surface area contributed by atoms with E-state index in [0.717, 1.165) is 63.5 Å². The minimum Gasteiger partial charge on any atom is -0.506 e. The number of rotatable bonds is 4. The van der Waals surface area contributed by atoms with Crippen LogP contribution in [0.4, 0.5) is 0 Å². The highest BCUT2D eigenvalue weighted by Gasteiger charge is 2.33. The number of phenolic OH excluding ortho intramolecular Hbond substituents is 1. The van der Waals surface area contributed by atoms with Crippen LogP contribution in [0.5, 0.6) is 11.5 Å². The normalized spacial score (nSPS) is 20.2. The third-order valence-corrected chi connectivity index (χ3v) is 5.48. The summed E-state index contributed by atoms with van der Waals surface area (Å²) in [6.45, 7) is 5.59. The Morgan fingerprint density at radius 2 is 1.88 bits per heavy atom. The van der Waals surface area contributed by atoms with Gasteiger partial charge in [-0.2, -0.15) is 0 Å². The number of methoxy groups -OCH3 is 1. The fraction of sp³-hybridized carbons (Fsp3) is 0.647. The Hall–Kier alpha value is -0.240. The highest BCUT2D eigenvalue weighted by atomic mass is 79.9. The molecule has 1 aromatic carbocycles. The molecule has 8 heteroatoms. The second-order valence-corrected chi connectivity index (χ2v) is 7.08. The van der Waals surface area contributed by atoms with Crippen molar-refractivity contribution in [3.8, 4) is 11.5 Å². The minimum atomic E-state index is 0. The molecule has 1 aromatic rings. The van der Waals surface area contributed by atoms with Gasteiger partial charge in [-0.15, -0.1) is 24.8 Å². The first-order chi connectivity index (χ1) is 11.2. The molecule has 2 aliphatic rings. The molecule has 144 valence electrons. The van der Waals surface area contributed by atoms with E-state index < -0.39 is 0 Å². The number of benzene rings is 1. The average Bonchev–Trinajstić information content (AvgIpc) is 2.60. The van der Waals surface area contributed by atoms with Gasteiger partial charge in [-0.05, 0) is 46.8 Å². The van der Waals surface area contributed by atoms with E-state index in [0.29, 0.717) is 16.1 Å². The summed E-state index contributed by atoms with van der Waals surface area (Å²) in [5.74, 6) is 1.60. The lowest BCUT2D eigenvalue weighted by Crippen LogP contribution is -2.47. The Morgan fingerprint density at radius 1 is 1.24 bits per heavy atom. The summed E-state index contributed by atoms with van der Waals surface area (Å²) in [6.07, 6.45) is 2.06. The first-order valence-corrected chi connectivity index (χ1v) is 9.09. The quantitative estimate of drug-likeness (QED) is 0.725. The lowest BCUT2D eigenvalue weighted by Gasteiger charge is -2.41. The van der Waals surface area contributed by atoms with E-state index in [2.05, 4.69) is 26.1 Å². The highest BCUT2D eigenvalue weighted by molar-refractivity contribution is 9.10. The van der Waals surface area contributed by atoms with Crippen molar-refractivity contribution in [2.75, 3.05) is 46.5 Å². The molecule has 2 fully saturated rings. The van der Waals surface area contributed by atoms with Crippen LogP contribution in [0, 0.1) is 5.92 Å². The van der Waals surface area contributed by atoms with Crippen LogP contribution in [0.2, 0.25) is 0 Å². The largest absolute Gasteiger partial charge is 0.506 e. The zero-order valence-electron chi connectivity index (χ0n) is 14.4. The summed E-state index contributed by atoms with van der Waals surface area (Å²) in [5, 5.41) is 14.1. The third kappa shape index (κ3) is 5.37. The van der Waals surface area contributed by atoms with E-state index in [4.69, 9.17) is 9.47 Å².